The van der Waals surface area contributed by atoms with Crippen molar-refractivity contribution < 1.29 is 14.6 Å². The molecule has 19 heavy (non-hydrogen) atoms. The van der Waals surface area contributed by atoms with Gasteiger partial charge in [-0.2, -0.15) is 0 Å². The molecule has 104 valence electrons. The number of nitrogens with one attached hydrogen (secondary N) is 2. The molecule has 0 aliphatic carbocycles. The Hall–Kier alpha value is -1.50. The lowest BCUT2D eigenvalue weighted by Gasteiger charge is -2.18. The summed E-state index contributed by atoms with van der Waals surface area (Å²) in [7, 11) is 0. The molecule has 0 radical (unpaired) electrons. The topological polar surface area (TPSA) is 83.5 Å². The van der Waals surface area contributed by atoms with Crippen LogP contribution in [0.5, 0.6) is 0 Å². The summed E-state index contributed by atoms with van der Waals surface area (Å²) in [6, 6.07) is 3.72. The number of ether oxygens (including phenoxy) is 1. The van der Waals surface area contributed by atoms with E-state index in [0.717, 1.165) is 5.56 Å². The molecule has 1 fully saturated rings. The molecule has 2 heterocycles. The average Bonchev–Trinajstić information content (AvgIpc) is 2.76. The Morgan fingerprint density at radius 3 is 3.16 bits per heavy atom. The van der Waals surface area contributed by atoms with Crippen LogP contribution in [-0.2, 0) is 16.1 Å². The van der Waals surface area contributed by atoms with Crippen LogP contribution in [0.25, 0.3) is 0 Å². The van der Waals surface area contributed by atoms with Gasteiger partial charge in [0, 0.05) is 32.4 Å². The Bertz CT molecular complexity index is 413. The van der Waals surface area contributed by atoms with Crippen LogP contribution in [0.1, 0.15) is 12.5 Å². The molecular weight excluding hydrogens is 246 g/mol. The molecule has 2 rings (SSSR count). The number of amides is 1. The lowest BCUT2D eigenvalue weighted by molar-refractivity contribution is -0.119. The highest BCUT2D eigenvalue weighted by molar-refractivity contribution is 5.72. The molecule has 0 spiro atoms. The van der Waals surface area contributed by atoms with Crippen molar-refractivity contribution in [2.45, 2.75) is 31.7 Å². The lowest BCUT2D eigenvalue weighted by atomic mass is 10.1. The second-order valence-electron chi connectivity index (χ2n) is 4.65. The molecule has 1 amide bonds. The second kappa shape index (κ2) is 6.60. The van der Waals surface area contributed by atoms with Gasteiger partial charge in [0.1, 0.15) is 6.10 Å². The third-order valence-electron chi connectivity index (χ3n) is 3.13. The SMILES string of the molecule is CC(=O)NC[C@H]1OC[C@@H](NCc2cccnc2)[C@@H]1O. The standard InChI is InChI=1S/C13H19N3O3/c1-9(17)15-7-12-13(18)11(8-19-12)16-6-10-3-2-4-14-5-10/h2-5,11-13,16,18H,6-8H2,1H3,(H,15,17)/t11-,12-,13+/m1/s1. The van der Waals surface area contributed by atoms with Gasteiger partial charge in [0.2, 0.25) is 5.91 Å². The van der Waals surface area contributed by atoms with Crippen LogP contribution in [0.3, 0.4) is 0 Å². The summed E-state index contributed by atoms with van der Waals surface area (Å²) in [5, 5.41) is 16.0. The summed E-state index contributed by atoms with van der Waals surface area (Å²) in [6.07, 6.45) is 2.53. The maximum atomic E-state index is 10.8. The van der Waals surface area contributed by atoms with Crippen molar-refractivity contribution >= 4 is 5.91 Å². The minimum absolute atomic E-state index is 0.123. The van der Waals surface area contributed by atoms with E-state index in [1.54, 1.807) is 12.4 Å². The number of carbonyl (C=O) groups is 1. The quantitative estimate of drug-likeness (QED) is 0.664. The predicted molar refractivity (Wildman–Crippen MR) is 69.3 cm³/mol. The fourth-order valence-electron chi connectivity index (χ4n) is 2.04. The molecule has 1 aromatic heterocycles. The van der Waals surface area contributed by atoms with E-state index in [4.69, 9.17) is 4.74 Å². The van der Waals surface area contributed by atoms with Gasteiger partial charge < -0.3 is 20.5 Å². The van der Waals surface area contributed by atoms with E-state index < -0.39 is 6.10 Å². The van der Waals surface area contributed by atoms with Crippen molar-refractivity contribution in [3.8, 4) is 0 Å². The van der Waals surface area contributed by atoms with E-state index in [2.05, 4.69) is 15.6 Å². The highest BCUT2D eigenvalue weighted by Crippen LogP contribution is 2.14. The van der Waals surface area contributed by atoms with Gasteiger partial charge >= 0.3 is 0 Å². The van der Waals surface area contributed by atoms with Crippen molar-refractivity contribution in [2.75, 3.05) is 13.2 Å². The van der Waals surface area contributed by atoms with Crippen LogP contribution in [0.15, 0.2) is 24.5 Å². The Kier molecular flexibility index (Phi) is 4.84. The Morgan fingerprint density at radius 1 is 1.63 bits per heavy atom. The first kappa shape index (κ1) is 13.9. The highest BCUT2D eigenvalue weighted by atomic mass is 16.5. The zero-order chi connectivity index (χ0) is 13.7. The normalized spacial score (nSPS) is 26.3. The Labute approximate surface area is 112 Å². The minimum atomic E-state index is -0.622. The number of hydrogen-bond acceptors (Lipinski definition) is 5. The molecule has 3 N–H and O–H groups in total. The van der Waals surface area contributed by atoms with Gasteiger partial charge in [-0.15, -0.1) is 0 Å². The minimum Gasteiger partial charge on any atom is -0.389 e. The van der Waals surface area contributed by atoms with Crippen molar-refractivity contribution in [2.24, 2.45) is 0 Å². The molecule has 0 saturated carbocycles. The van der Waals surface area contributed by atoms with E-state index in [0.29, 0.717) is 19.7 Å². The van der Waals surface area contributed by atoms with Gasteiger partial charge in [-0.1, -0.05) is 6.07 Å². The Morgan fingerprint density at radius 2 is 2.47 bits per heavy atom. The summed E-state index contributed by atoms with van der Waals surface area (Å²) < 4.78 is 5.47. The van der Waals surface area contributed by atoms with Gasteiger partial charge in [-0.3, -0.25) is 9.78 Å². The molecule has 1 saturated heterocycles. The molecule has 6 nitrogen and oxygen atoms in total. The summed E-state index contributed by atoms with van der Waals surface area (Å²) >= 11 is 0. The molecule has 6 heteroatoms. The molecule has 0 aromatic carbocycles. The van der Waals surface area contributed by atoms with Crippen molar-refractivity contribution in [3.63, 3.8) is 0 Å². The first-order chi connectivity index (χ1) is 9.16. The number of aliphatic hydroxyl groups excluding tert-OH is 1. The van der Waals surface area contributed by atoms with Crippen LogP contribution >= 0.6 is 0 Å². The summed E-state index contributed by atoms with van der Waals surface area (Å²) in [4.78, 5) is 14.9. The zero-order valence-electron chi connectivity index (χ0n) is 10.9. The molecule has 1 aliphatic heterocycles. The first-order valence-corrected chi connectivity index (χ1v) is 6.33. The van der Waals surface area contributed by atoms with Gasteiger partial charge in [0.15, 0.2) is 0 Å². The smallest absolute Gasteiger partial charge is 0.216 e. The van der Waals surface area contributed by atoms with Gasteiger partial charge in [0.05, 0.1) is 18.8 Å². The van der Waals surface area contributed by atoms with Crippen LogP contribution in [0.4, 0.5) is 0 Å². The van der Waals surface area contributed by atoms with Crippen LogP contribution in [0.2, 0.25) is 0 Å². The van der Waals surface area contributed by atoms with Crippen LogP contribution < -0.4 is 10.6 Å². The van der Waals surface area contributed by atoms with Crippen LogP contribution in [0, 0.1) is 0 Å². The number of aliphatic hydroxyl groups is 1. The monoisotopic (exact) mass is 265 g/mol. The molecule has 1 aliphatic rings. The fourth-order valence-corrected chi connectivity index (χ4v) is 2.04. The van der Waals surface area contributed by atoms with Crippen LogP contribution in [-0.4, -0.2) is 47.4 Å². The van der Waals surface area contributed by atoms with E-state index in [1.165, 1.54) is 6.92 Å². The number of nitrogens with zero attached hydrogens (tertiary/aromatic N) is 1. The van der Waals surface area contributed by atoms with Crippen molar-refractivity contribution in [1.82, 2.24) is 15.6 Å². The largest absolute Gasteiger partial charge is 0.389 e. The average molecular weight is 265 g/mol. The van der Waals surface area contributed by atoms with Crippen molar-refractivity contribution in [3.05, 3.63) is 30.1 Å². The number of pyridine rings is 1. The maximum Gasteiger partial charge on any atom is 0.216 e. The van der Waals surface area contributed by atoms with Gasteiger partial charge in [0.25, 0.3) is 0 Å². The van der Waals surface area contributed by atoms with Gasteiger partial charge in [-0.25, -0.2) is 0 Å². The maximum absolute atomic E-state index is 10.8. The summed E-state index contributed by atoms with van der Waals surface area (Å²) in [6.45, 7) is 2.85. The number of aromatic nitrogens is 1. The first-order valence-electron chi connectivity index (χ1n) is 6.33. The number of rotatable bonds is 5. The van der Waals surface area contributed by atoms with Crippen molar-refractivity contribution in [1.29, 1.82) is 0 Å². The molecule has 1 aromatic rings. The molecule has 0 bridgehead atoms. The fraction of sp³-hybridized carbons (Fsp3) is 0.538. The summed E-state index contributed by atoms with van der Waals surface area (Å²) in [5.41, 5.74) is 1.06. The van der Waals surface area contributed by atoms with Gasteiger partial charge in [-0.05, 0) is 11.6 Å². The molecular formula is C13H19N3O3. The molecule has 3 atom stereocenters. The second-order valence-corrected chi connectivity index (χ2v) is 4.65. The zero-order valence-corrected chi connectivity index (χ0v) is 10.9. The number of carbonyl (C=O) groups excluding carboxylic acids is 1. The van der Waals surface area contributed by atoms with E-state index in [1.807, 2.05) is 12.1 Å². The van der Waals surface area contributed by atoms with E-state index in [9.17, 15) is 9.90 Å². The third kappa shape index (κ3) is 3.99. The van der Waals surface area contributed by atoms with E-state index >= 15 is 0 Å². The molecule has 0 unspecified atom stereocenters. The predicted octanol–water partition coefficient (Wildman–Crippen LogP) is -0.564. The number of hydrogen-bond donors (Lipinski definition) is 3. The Balaban J connectivity index is 1.78. The lowest BCUT2D eigenvalue weighted by Crippen LogP contribution is -2.44. The van der Waals surface area contributed by atoms with E-state index in [-0.39, 0.29) is 18.1 Å². The summed E-state index contributed by atoms with van der Waals surface area (Å²) in [5.74, 6) is -0.123. The highest BCUT2D eigenvalue weighted by Gasteiger charge is 2.35. The third-order valence-corrected chi connectivity index (χ3v) is 3.13.